The Morgan fingerprint density at radius 2 is 1.83 bits per heavy atom. The van der Waals surface area contributed by atoms with Crippen molar-refractivity contribution < 1.29 is 18.3 Å². The number of rotatable bonds is 6. The lowest BCUT2D eigenvalue weighted by atomic mass is 10.1. The van der Waals surface area contributed by atoms with Crippen LogP contribution in [0.3, 0.4) is 0 Å². The maximum atomic E-state index is 13.8. The quantitative estimate of drug-likeness (QED) is 0.512. The summed E-state index contributed by atoms with van der Waals surface area (Å²) in [5, 5.41) is 4.78. The van der Waals surface area contributed by atoms with E-state index in [1.807, 2.05) is 30.3 Å². The van der Waals surface area contributed by atoms with Gasteiger partial charge in [0, 0.05) is 28.9 Å². The minimum atomic E-state index is -0.281. The molecule has 0 aliphatic heterocycles. The van der Waals surface area contributed by atoms with Crippen molar-refractivity contribution in [3.63, 3.8) is 0 Å². The van der Waals surface area contributed by atoms with E-state index >= 15 is 0 Å². The first-order chi connectivity index (χ1) is 14.0. The predicted molar refractivity (Wildman–Crippen MR) is 112 cm³/mol. The largest absolute Gasteiger partial charge is 0.495 e. The third kappa shape index (κ3) is 3.93. The van der Waals surface area contributed by atoms with E-state index in [0.29, 0.717) is 29.1 Å². The Hall–Kier alpha value is -3.38. The molecule has 148 valence electrons. The van der Waals surface area contributed by atoms with Crippen molar-refractivity contribution in [3.05, 3.63) is 72.0 Å². The van der Waals surface area contributed by atoms with Crippen molar-refractivity contribution in [2.24, 2.45) is 0 Å². The van der Waals surface area contributed by atoms with Crippen molar-refractivity contribution in [1.29, 1.82) is 0 Å². The molecular formula is C23H21FN2O3. The number of carbonyl (C=O) groups is 1. The van der Waals surface area contributed by atoms with E-state index in [1.54, 1.807) is 43.3 Å². The van der Waals surface area contributed by atoms with E-state index in [2.05, 4.69) is 5.32 Å². The van der Waals surface area contributed by atoms with Gasteiger partial charge in [-0.1, -0.05) is 36.4 Å². The Morgan fingerprint density at radius 3 is 2.62 bits per heavy atom. The lowest BCUT2D eigenvalue weighted by molar-refractivity contribution is -0.117. The molecule has 4 aromatic rings. The minimum absolute atomic E-state index is 0.107. The molecule has 3 aromatic carbocycles. The van der Waals surface area contributed by atoms with Gasteiger partial charge in [-0.25, -0.2) is 4.39 Å². The maximum absolute atomic E-state index is 13.8. The van der Waals surface area contributed by atoms with Crippen molar-refractivity contribution >= 4 is 33.5 Å². The summed E-state index contributed by atoms with van der Waals surface area (Å²) in [6.45, 7) is 0.440. The Bertz CT molecular complexity index is 1190. The van der Waals surface area contributed by atoms with Crippen LogP contribution in [0.1, 0.15) is 5.56 Å². The highest BCUT2D eigenvalue weighted by atomic mass is 19.1. The molecule has 1 aromatic heterocycles. The molecule has 0 unspecified atom stereocenters. The second kappa shape index (κ2) is 7.93. The summed E-state index contributed by atoms with van der Waals surface area (Å²) in [6, 6.07) is 17.9. The molecule has 1 amide bonds. The highest BCUT2D eigenvalue weighted by molar-refractivity contribution is 6.07. The maximum Gasteiger partial charge on any atom is 0.238 e. The number of furan rings is 1. The van der Waals surface area contributed by atoms with Gasteiger partial charge in [0.25, 0.3) is 0 Å². The summed E-state index contributed by atoms with van der Waals surface area (Å²) < 4.78 is 25.2. The van der Waals surface area contributed by atoms with Crippen LogP contribution in [0, 0.1) is 5.82 Å². The first kappa shape index (κ1) is 19.0. The molecule has 29 heavy (non-hydrogen) atoms. The third-order valence-corrected chi connectivity index (χ3v) is 4.78. The van der Waals surface area contributed by atoms with Gasteiger partial charge < -0.3 is 14.5 Å². The standard InChI is InChI=1S/C23H21FN2O3/c1-26(13-15-7-3-5-9-18(15)24)14-23(27)25-19-12-21-17(11-22(19)28-2)16-8-4-6-10-20(16)29-21/h3-12H,13-14H2,1-2H3,(H,25,27). The van der Waals surface area contributed by atoms with Crippen LogP contribution in [-0.2, 0) is 11.3 Å². The van der Waals surface area contributed by atoms with Gasteiger partial charge in [0.05, 0.1) is 19.3 Å². The lowest BCUT2D eigenvalue weighted by Gasteiger charge is -2.17. The predicted octanol–water partition coefficient (Wildman–Crippen LogP) is 4.80. The zero-order chi connectivity index (χ0) is 20.4. The molecule has 4 rings (SSSR count). The Morgan fingerprint density at radius 1 is 1.07 bits per heavy atom. The molecule has 6 heteroatoms. The Kier molecular flexibility index (Phi) is 5.18. The monoisotopic (exact) mass is 392 g/mol. The fourth-order valence-corrected chi connectivity index (χ4v) is 3.43. The average Bonchev–Trinajstić information content (AvgIpc) is 3.06. The molecule has 5 nitrogen and oxygen atoms in total. The van der Waals surface area contributed by atoms with Crippen LogP contribution in [-0.4, -0.2) is 31.5 Å². The summed E-state index contributed by atoms with van der Waals surface area (Å²) >= 11 is 0. The highest BCUT2D eigenvalue weighted by Gasteiger charge is 2.15. The van der Waals surface area contributed by atoms with Gasteiger partial charge in [-0.3, -0.25) is 9.69 Å². The molecule has 0 bridgehead atoms. The third-order valence-electron chi connectivity index (χ3n) is 4.78. The zero-order valence-corrected chi connectivity index (χ0v) is 16.2. The molecule has 0 atom stereocenters. The molecule has 0 spiro atoms. The van der Waals surface area contributed by atoms with Crippen LogP contribution in [0.4, 0.5) is 10.1 Å². The highest BCUT2D eigenvalue weighted by Crippen LogP contribution is 2.36. The number of hydrogen-bond donors (Lipinski definition) is 1. The van der Waals surface area contributed by atoms with E-state index < -0.39 is 0 Å². The average molecular weight is 392 g/mol. The van der Waals surface area contributed by atoms with Crippen molar-refractivity contribution in [3.8, 4) is 5.75 Å². The van der Waals surface area contributed by atoms with Crippen LogP contribution >= 0.6 is 0 Å². The molecule has 0 saturated carbocycles. The van der Waals surface area contributed by atoms with E-state index in [9.17, 15) is 9.18 Å². The SMILES string of the molecule is COc1cc2c(cc1NC(=O)CN(C)Cc1ccccc1F)oc1ccccc12. The second-order valence-electron chi connectivity index (χ2n) is 6.96. The van der Waals surface area contributed by atoms with Gasteiger partial charge in [-0.05, 0) is 25.2 Å². The summed E-state index contributed by atoms with van der Waals surface area (Å²) in [5.41, 5.74) is 2.52. The number of halogens is 1. The second-order valence-corrected chi connectivity index (χ2v) is 6.96. The van der Waals surface area contributed by atoms with Gasteiger partial charge in [0.1, 0.15) is 22.7 Å². The normalized spacial score (nSPS) is 11.3. The number of carbonyl (C=O) groups excluding carboxylic acids is 1. The Labute approximate surface area is 167 Å². The number of nitrogens with zero attached hydrogens (tertiary/aromatic N) is 1. The van der Waals surface area contributed by atoms with Gasteiger partial charge >= 0.3 is 0 Å². The van der Waals surface area contributed by atoms with E-state index in [-0.39, 0.29) is 18.3 Å². The number of likely N-dealkylation sites (N-methyl/N-ethyl adjacent to an activating group) is 1. The molecule has 0 aliphatic rings. The number of para-hydroxylation sites is 1. The zero-order valence-electron chi connectivity index (χ0n) is 16.2. The molecule has 1 N–H and O–H groups in total. The fourth-order valence-electron chi connectivity index (χ4n) is 3.43. The fraction of sp³-hybridized carbons (Fsp3) is 0.174. The number of amides is 1. The molecule has 0 aliphatic carbocycles. The van der Waals surface area contributed by atoms with E-state index in [4.69, 9.17) is 9.15 Å². The minimum Gasteiger partial charge on any atom is -0.495 e. The molecule has 0 saturated heterocycles. The van der Waals surface area contributed by atoms with Crippen molar-refractivity contribution in [1.82, 2.24) is 4.90 Å². The van der Waals surface area contributed by atoms with Crippen LogP contribution in [0.2, 0.25) is 0 Å². The van der Waals surface area contributed by atoms with Crippen LogP contribution < -0.4 is 10.1 Å². The number of methoxy groups -OCH3 is 1. The summed E-state index contributed by atoms with van der Waals surface area (Å²) in [7, 11) is 3.33. The molecule has 1 heterocycles. The number of ether oxygens (including phenoxy) is 1. The van der Waals surface area contributed by atoms with Crippen molar-refractivity contribution in [2.45, 2.75) is 6.54 Å². The number of benzene rings is 3. The number of nitrogens with one attached hydrogen (secondary N) is 1. The molecule has 0 fully saturated rings. The summed E-state index contributed by atoms with van der Waals surface area (Å²) in [4.78, 5) is 14.3. The lowest BCUT2D eigenvalue weighted by Crippen LogP contribution is -2.30. The van der Waals surface area contributed by atoms with E-state index in [0.717, 1.165) is 16.4 Å². The van der Waals surface area contributed by atoms with E-state index in [1.165, 1.54) is 6.07 Å². The van der Waals surface area contributed by atoms with Crippen LogP contribution in [0.15, 0.2) is 65.1 Å². The number of anilines is 1. The molecule has 0 radical (unpaired) electrons. The molecular weight excluding hydrogens is 371 g/mol. The first-order valence-electron chi connectivity index (χ1n) is 9.26. The topological polar surface area (TPSA) is 54.7 Å². The number of hydrogen-bond acceptors (Lipinski definition) is 4. The van der Waals surface area contributed by atoms with Gasteiger partial charge in [0.15, 0.2) is 0 Å². The summed E-state index contributed by atoms with van der Waals surface area (Å²) in [6.07, 6.45) is 0. The van der Waals surface area contributed by atoms with Gasteiger partial charge in [-0.15, -0.1) is 0 Å². The van der Waals surface area contributed by atoms with Gasteiger partial charge in [0.2, 0.25) is 5.91 Å². The van der Waals surface area contributed by atoms with Gasteiger partial charge in [-0.2, -0.15) is 0 Å². The number of fused-ring (bicyclic) bond motifs is 3. The smallest absolute Gasteiger partial charge is 0.238 e. The first-order valence-corrected chi connectivity index (χ1v) is 9.26. The Balaban J connectivity index is 1.52. The van der Waals surface area contributed by atoms with Crippen LogP contribution in [0.25, 0.3) is 21.9 Å². The van der Waals surface area contributed by atoms with Crippen molar-refractivity contribution in [2.75, 3.05) is 26.0 Å². The summed E-state index contributed by atoms with van der Waals surface area (Å²) in [5.74, 6) is 0.0449. The van der Waals surface area contributed by atoms with Crippen LogP contribution in [0.5, 0.6) is 5.75 Å².